The fraction of sp³-hybridized carbons (Fsp3) is 0. The second kappa shape index (κ2) is 10.7. The highest BCUT2D eigenvalue weighted by Gasteiger charge is 2.17. The molecule has 0 saturated heterocycles. The number of nitrogens with zero attached hydrogens (tertiary/aromatic N) is 1. The zero-order chi connectivity index (χ0) is 26.7. The average molecular weight is 530 g/mol. The van der Waals surface area contributed by atoms with E-state index < -0.39 is 0 Å². The van der Waals surface area contributed by atoms with Crippen LogP contribution in [-0.4, -0.2) is 0 Å². The van der Waals surface area contributed by atoms with Crippen molar-refractivity contribution in [3.8, 4) is 32.7 Å². The second-order valence-electron chi connectivity index (χ2n) is 9.80. The van der Waals surface area contributed by atoms with Gasteiger partial charge in [0.05, 0.1) is 0 Å². The minimum Gasteiger partial charge on any atom is -0.311 e. The van der Waals surface area contributed by atoms with Crippen LogP contribution in [0.2, 0.25) is 0 Å². The number of hydrogen-bond acceptors (Lipinski definition) is 2. The largest absolute Gasteiger partial charge is 0.311 e. The molecule has 0 N–H and O–H groups in total. The lowest BCUT2D eigenvalue weighted by Crippen LogP contribution is -2.09. The Hall–Kier alpha value is -4.92. The monoisotopic (exact) mass is 529 g/mol. The van der Waals surface area contributed by atoms with Crippen molar-refractivity contribution >= 4 is 38.5 Å². The smallest absolute Gasteiger partial charge is 0.0462 e. The lowest BCUT2D eigenvalue weighted by molar-refractivity contribution is 1.28. The van der Waals surface area contributed by atoms with Crippen molar-refractivity contribution in [1.29, 1.82) is 0 Å². The number of anilines is 3. The molecule has 0 bridgehead atoms. The van der Waals surface area contributed by atoms with E-state index in [-0.39, 0.29) is 0 Å². The van der Waals surface area contributed by atoms with E-state index in [1.807, 2.05) is 11.3 Å². The Morgan fingerprint density at radius 1 is 0.375 bits per heavy atom. The van der Waals surface area contributed by atoms with Crippen molar-refractivity contribution in [2.75, 3.05) is 4.90 Å². The lowest BCUT2D eigenvalue weighted by atomic mass is 9.97. The van der Waals surface area contributed by atoms with Gasteiger partial charge in [-0.05, 0) is 64.7 Å². The van der Waals surface area contributed by atoms with Gasteiger partial charge in [0.2, 0.25) is 0 Å². The maximum absolute atomic E-state index is 2.35. The number of para-hydroxylation sites is 2. The van der Waals surface area contributed by atoms with Gasteiger partial charge >= 0.3 is 0 Å². The van der Waals surface area contributed by atoms with E-state index in [1.54, 1.807) is 0 Å². The van der Waals surface area contributed by atoms with Gasteiger partial charge in [-0.3, -0.25) is 0 Å². The fourth-order valence-corrected chi connectivity index (χ4v) is 6.63. The van der Waals surface area contributed by atoms with Gasteiger partial charge in [-0.1, -0.05) is 121 Å². The molecule has 0 unspecified atom stereocenters. The van der Waals surface area contributed by atoms with Crippen molar-refractivity contribution in [2.45, 2.75) is 0 Å². The van der Waals surface area contributed by atoms with Crippen LogP contribution in [0.15, 0.2) is 164 Å². The SMILES string of the molecule is c1ccc(-c2sc3cc(-c4ccc(N(c5ccccc5)c5ccccc5)cc4)ccc3c2-c2ccccc2)cc1. The van der Waals surface area contributed by atoms with Crippen LogP contribution in [0.3, 0.4) is 0 Å². The third-order valence-corrected chi connectivity index (χ3v) is 8.48. The molecule has 40 heavy (non-hydrogen) atoms. The van der Waals surface area contributed by atoms with E-state index in [0.29, 0.717) is 0 Å². The Morgan fingerprint density at radius 3 is 1.43 bits per heavy atom. The molecule has 1 nitrogen and oxygen atoms in total. The minimum atomic E-state index is 1.14. The molecule has 0 aliphatic rings. The number of benzene rings is 6. The minimum absolute atomic E-state index is 1.14. The summed E-state index contributed by atoms with van der Waals surface area (Å²) >= 11 is 1.88. The van der Waals surface area contributed by atoms with Crippen molar-refractivity contribution in [3.05, 3.63) is 164 Å². The summed E-state index contributed by atoms with van der Waals surface area (Å²) in [5.41, 5.74) is 9.69. The molecule has 0 amide bonds. The lowest BCUT2D eigenvalue weighted by Gasteiger charge is -2.25. The molecule has 7 aromatic rings. The molecule has 0 aliphatic heterocycles. The van der Waals surface area contributed by atoms with Gasteiger partial charge in [0.25, 0.3) is 0 Å². The van der Waals surface area contributed by atoms with Crippen LogP contribution in [0.25, 0.3) is 42.8 Å². The van der Waals surface area contributed by atoms with Gasteiger partial charge in [0, 0.05) is 37.6 Å². The average Bonchev–Trinajstić information content (AvgIpc) is 3.42. The molecule has 0 saturated carbocycles. The topological polar surface area (TPSA) is 3.24 Å². The highest BCUT2D eigenvalue weighted by atomic mass is 32.1. The molecule has 0 spiro atoms. The molecule has 7 rings (SSSR count). The Labute approximate surface area is 239 Å². The molecule has 1 heterocycles. The van der Waals surface area contributed by atoms with Crippen LogP contribution < -0.4 is 4.90 Å². The molecule has 190 valence electrons. The first-order valence-corrected chi connectivity index (χ1v) is 14.3. The second-order valence-corrected chi connectivity index (χ2v) is 10.9. The standard InChI is InChI=1S/C38H27NS/c1-5-13-29(14-6-1)37-35-26-23-31(27-36(35)40-38(37)30-15-7-2-8-16-30)28-21-24-34(25-22-28)39(32-17-9-3-10-18-32)33-19-11-4-12-20-33/h1-27H. The van der Waals surface area contributed by atoms with E-state index in [0.717, 1.165) is 17.1 Å². The number of hydrogen-bond donors (Lipinski definition) is 0. The molecule has 6 aromatic carbocycles. The highest BCUT2D eigenvalue weighted by molar-refractivity contribution is 7.23. The summed E-state index contributed by atoms with van der Waals surface area (Å²) in [6, 6.07) is 58.4. The summed E-state index contributed by atoms with van der Waals surface area (Å²) < 4.78 is 1.30. The molecule has 0 fully saturated rings. The van der Waals surface area contributed by atoms with Gasteiger partial charge in [-0.25, -0.2) is 0 Å². The molecular formula is C38H27NS. The predicted molar refractivity (Wildman–Crippen MR) is 173 cm³/mol. The molecule has 0 atom stereocenters. The summed E-state index contributed by atoms with van der Waals surface area (Å²) in [5.74, 6) is 0. The molecular weight excluding hydrogens is 502 g/mol. The van der Waals surface area contributed by atoms with E-state index in [1.165, 1.54) is 42.8 Å². The highest BCUT2D eigenvalue weighted by Crippen LogP contribution is 2.46. The molecule has 0 aliphatic carbocycles. The summed E-state index contributed by atoms with van der Waals surface area (Å²) in [5, 5.41) is 1.30. The fourth-order valence-electron chi connectivity index (χ4n) is 5.36. The zero-order valence-corrected chi connectivity index (χ0v) is 22.8. The molecule has 0 radical (unpaired) electrons. The summed E-state index contributed by atoms with van der Waals surface area (Å²) in [4.78, 5) is 3.61. The van der Waals surface area contributed by atoms with Crippen LogP contribution in [0.5, 0.6) is 0 Å². The number of rotatable bonds is 6. The van der Waals surface area contributed by atoms with Crippen LogP contribution in [0.1, 0.15) is 0 Å². The normalized spacial score (nSPS) is 11.0. The first-order valence-electron chi connectivity index (χ1n) is 13.5. The number of fused-ring (bicyclic) bond motifs is 1. The van der Waals surface area contributed by atoms with Crippen LogP contribution in [0, 0.1) is 0 Å². The Kier molecular flexibility index (Phi) is 6.45. The van der Waals surface area contributed by atoms with E-state index >= 15 is 0 Å². The van der Waals surface area contributed by atoms with E-state index in [2.05, 4.69) is 169 Å². The zero-order valence-electron chi connectivity index (χ0n) is 21.9. The van der Waals surface area contributed by atoms with E-state index in [4.69, 9.17) is 0 Å². The molecule has 1 aromatic heterocycles. The van der Waals surface area contributed by atoms with Gasteiger partial charge in [-0.15, -0.1) is 11.3 Å². The molecule has 2 heteroatoms. The number of thiophene rings is 1. The van der Waals surface area contributed by atoms with Gasteiger partial charge in [0.15, 0.2) is 0 Å². The first-order chi connectivity index (χ1) is 19.8. The third kappa shape index (κ3) is 4.59. The van der Waals surface area contributed by atoms with Crippen LogP contribution in [0.4, 0.5) is 17.1 Å². The predicted octanol–water partition coefficient (Wildman–Crippen LogP) is 11.4. The summed E-state index contributed by atoms with van der Waals surface area (Å²) in [6.07, 6.45) is 0. The quantitative estimate of drug-likeness (QED) is 0.207. The first kappa shape index (κ1) is 24.1. The van der Waals surface area contributed by atoms with Crippen molar-refractivity contribution in [3.63, 3.8) is 0 Å². The van der Waals surface area contributed by atoms with Crippen LogP contribution in [-0.2, 0) is 0 Å². The van der Waals surface area contributed by atoms with E-state index in [9.17, 15) is 0 Å². The van der Waals surface area contributed by atoms with Crippen molar-refractivity contribution < 1.29 is 0 Å². The van der Waals surface area contributed by atoms with Crippen molar-refractivity contribution in [2.24, 2.45) is 0 Å². The summed E-state index contributed by atoms with van der Waals surface area (Å²) in [7, 11) is 0. The van der Waals surface area contributed by atoms with Crippen molar-refractivity contribution in [1.82, 2.24) is 0 Å². The maximum Gasteiger partial charge on any atom is 0.0462 e. The summed E-state index contributed by atoms with van der Waals surface area (Å²) in [6.45, 7) is 0. The van der Waals surface area contributed by atoms with Gasteiger partial charge in [0.1, 0.15) is 0 Å². The van der Waals surface area contributed by atoms with Crippen LogP contribution >= 0.6 is 11.3 Å². The maximum atomic E-state index is 2.35. The van der Waals surface area contributed by atoms with Gasteiger partial charge < -0.3 is 4.90 Å². The Morgan fingerprint density at radius 2 is 0.850 bits per heavy atom. The van der Waals surface area contributed by atoms with Gasteiger partial charge in [-0.2, -0.15) is 0 Å². The third-order valence-electron chi connectivity index (χ3n) is 7.28. The Balaban J connectivity index is 1.30. The Bertz CT molecular complexity index is 1820.